The van der Waals surface area contributed by atoms with Gasteiger partial charge in [-0.3, -0.25) is 0 Å². The molecule has 34 valence electrons. The van der Waals surface area contributed by atoms with Gasteiger partial charge in [0.1, 0.15) is 0 Å². The fourth-order valence-corrected chi connectivity index (χ4v) is 0. The molecule has 1 nitrogen and oxygen atoms in total. The molecule has 6 heavy (non-hydrogen) atoms. The zero-order chi connectivity index (χ0) is 5.15. The van der Waals surface area contributed by atoms with Gasteiger partial charge in [-0.1, -0.05) is 19.7 Å². The zero-order valence-electron chi connectivity index (χ0n) is 4.31. The lowest BCUT2D eigenvalue weighted by Gasteiger charge is -2.06. The standard InChI is InChI=1S/C4H10BN/c1-3(5)4(2)6/h3-4H,6H2,1-2H3/t3-,4-/m1/s1. The molecule has 0 bridgehead atoms. The van der Waals surface area contributed by atoms with Crippen LogP contribution in [-0.4, -0.2) is 13.9 Å². The molecule has 2 N–H and O–H groups in total. The predicted molar refractivity (Wildman–Crippen MR) is 28.8 cm³/mol. The third-order valence-corrected chi connectivity index (χ3v) is 0.829. The molecule has 0 saturated carbocycles. The summed E-state index contributed by atoms with van der Waals surface area (Å²) in [5, 5.41) is 0. The first-order chi connectivity index (χ1) is 2.64. The van der Waals surface area contributed by atoms with Crippen LogP contribution in [0.4, 0.5) is 0 Å². The second kappa shape index (κ2) is 2.24. The van der Waals surface area contributed by atoms with Crippen LogP contribution in [0.5, 0.6) is 0 Å². The smallest absolute Gasteiger partial charge is 0.0716 e. The van der Waals surface area contributed by atoms with Gasteiger partial charge in [0.25, 0.3) is 0 Å². The van der Waals surface area contributed by atoms with Gasteiger partial charge in [-0.15, -0.1) is 0 Å². The monoisotopic (exact) mass is 83.1 g/mol. The Hall–Kier alpha value is 0.0249. The van der Waals surface area contributed by atoms with E-state index in [9.17, 15) is 0 Å². The van der Waals surface area contributed by atoms with Gasteiger partial charge in [-0.05, 0) is 6.04 Å². The van der Waals surface area contributed by atoms with Crippen molar-refractivity contribution in [1.82, 2.24) is 0 Å². The Morgan fingerprint density at radius 1 is 1.50 bits per heavy atom. The minimum absolute atomic E-state index is 0.130. The first-order valence-corrected chi connectivity index (χ1v) is 2.15. The number of nitrogens with two attached hydrogens (primary N) is 1. The van der Waals surface area contributed by atoms with Gasteiger partial charge >= 0.3 is 0 Å². The molecule has 0 aromatic heterocycles. The Morgan fingerprint density at radius 2 is 1.67 bits per heavy atom. The maximum absolute atomic E-state index is 5.31. The highest BCUT2D eigenvalue weighted by Crippen LogP contribution is 1.97. The van der Waals surface area contributed by atoms with E-state index in [-0.39, 0.29) is 11.9 Å². The maximum atomic E-state index is 5.31. The van der Waals surface area contributed by atoms with E-state index >= 15 is 0 Å². The van der Waals surface area contributed by atoms with Gasteiger partial charge in [-0.25, -0.2) is 0 Å². The summed E-state index contributed by atoms with van der Waals surface area (Å²) < 4.78 is 0. The normalized spacial score (nSPS) is 19.8. The van der Waals surface area contributed by atoms with Gasteiger partial charge in [0.05, 0.1) is 7.85 Å². The van der Waals surface area contributed by atoms with Crippen LogP contribution in [0.2, 0.25) is 5.82 Å². The second-order valence-corrected chi connectivity index (χ2v) is 1.72. The molecule has 0 spiro atoms. The molecule has 0 aliphatic carbocycles. The van der Waals surface area contributed by atoms with Crippen molar-refractivity contribution in [2.45, 2.75) is 25.7 Å². The first kappa shape index (κ1) is 6.02. The van der Waals surface area contributed by atoms with Crippen LogP contribution in [0.25, 0.3) is 0 Å². The lowest BCUT2D eigenvalue weighted by Crippen LogP contribution is -2.19. The van der Waals surface area contributed by atoms with Crippen molar-refractivity contribution in [2.75, 3.05) is 0 Å². The van der Waals surface area contributed by atoms with Crippen molar-refractivity contribution in [3.05, 3.63) is 0 Å². The molecule has 0 fully saturated rings. The molecule has 0 rings (SSSR count). The molecular weight excluding hydrogens is 72.9 g/mol. The summed E-state index contributed by atoms with van der Waals surface area (Å²) in [4.78, 5) is 0. The van der Waals surface area contributed by atoms with Gasteiger partial charge in [0, 0.05) is 0 Å². The Labute approximate surface area is 40.3 Å². The van der Waals surface area contributed by atoms with Gasteiger partial charge in [-0.2, -0.15) is 0 Å². The van der Waals surface area contributed by atoms with E-state index in [1.165, 1.54) is 0 Å². The van der Waals surface area contributed by atoms with Crippen molar-refractivity contribution in [3.63, 3.8) is 0 Å². The van der Waals surface area contributed by atoms with Crippen molar-refractivity contribution >= 4 is 7.85 Å². The lowest BCUT2D eigenvalue weighted by atomic mass is 9.84. The van der Waals surface area contributed by atoms with Gasteiger partial charge in [0.15, 0.2) is 0 Å². The van der Waals surface area contributed by atoms with Crippen LogP contribution in [0.3, 0.4) is 0 Å². The molecule has 0 unspecified atom stereocenters. The van der Waals surface area contributed by atoms with E-state index in [2.05, 4.69) is 0 Å². The quantitative estimate of drug-likeness (QED) is 0.453. The Kier molecular flexibility index (Phi) is 2.25. The Balaban J connectivity index is 2.99. The largest absolute Gasteiger partial charge is 0.328 e. The van der Waals surface area contributed by atoms with Crippen molar-refractivity contribution in [1.29, 1.82) is 0 Å². The summed E-state index contributed by atoms with van der Waals surface area (Å²) in [6.07, 6.45) is 0. The molecule has 0 saturated heterocycles. The summed E-state index contributed by atoms with van der Waals surface area (Å²) >= 11 is 0. The average Bonchev–Trinajstić information content (AvgIpc) is 1.36. The zero-order valence-corrected chi connectivity index (χ0v) is 4.31. The summed E-state index contributed by atoms with van der Waals surface area (Å²) in [6, 6.07) is 0.130. The van der Waals surface area contributed by atoms with E-state index < -0.39 is 0 Å². The fraction of sp³-hybridized carbons (Fsp3) is 1.00. The Bertz CT molecular complexity index is 28.5. The van der Waals surface area contributed by atoms with Crippen LogP contribution in [0.1, 0.15) is 13.8 Å². The third kappa shape index (κ3) is 2.27. The molecule has 0 amide bonds. The minimum atomic E-state index is 0.130. The molecule has 2 atom stereocenters. The molecule has 2 radical (unpaired) electrons. The molecule has 0 aromatic rings. The predicted octanol–water partition coefficient (Wildman–Crippen LogP) is 0.311. The highest BCUT2D eigenvalue weighted by molar-refractivity contribution is 6.11. The molecule has 0 aromatic carbocycles. The molecule has 0 aliphatic rings. The topological polar surface area (TPSA) is 26.0 Å². The van der Waals surface area contributed by atoms with E-state index in [1.54, 1.807) is 0 Å². The summed E-state index contributed by atoms with van der Waals surface area (Å²) in [5.74, 6) is 0.130. The van der Waals surface area contributed by atoms with Crippen LogP contribution >= 0.6 is 0 Å². The molecule has 0 heterocycles. The number of rotatable bonds is 1. The van der Waals surface area contributed by atoms with Crippen molar-refractivity contribution < 1.29 is 0 Å². The fourth-order valence-electron chi connectivity index (χ4n) is 0. The minimum Gasteiger partial charge on any atom is -0.328 e. The molecule has 2 heteroatoms. The van der Waals surface area contributed by atoms with Crippen LogP contribution < -0.4 is 5.73 Å². The third-order valence-electron chi connectivity index (χ3n) is 0.829. The van der Waals surface area contributed by atoms with Gasteiger partial charge in [0.2, 0.25) is 0 Å². The van der Waals surface area contributed by atoms with Crippen LogP contribution in [0, 0.1) is 0 Å². The molecular formula is C4H10BN. The summed E-state index contributed by atoms with van der Waals surface area (Å²) in [6.45, 7) is 3.79. The highest BCUT2D eigenvalue weighted by atomic mass is 14.6. The van der Waals surface area contributed by atoms with Crippen molar-refractivity contribution in [3.8, 4) is 0 Å². The second-order valence-electron chi connectivity index (χ2n) is 1.72. The van der Waals surface area contributed by atoms with Gasteiger partial charge < -0.3 is 5.73 Å². The van der Waals surface area contributed by atoms with Crippen LogP contribution in [0.15, 0.2) is 0 Å². The van der Waals surface area contributed by atoms with Crippen molar-refractivity contribution in [2.24, 2.45) is 5.73 Å². The molecule has 0 aliphatic heterocycles. The number of hydrogen-bond donors (Lipinski definition) is 1. The SMILES string of the molecule is [B][C@H](C)[C@@H](C)N. The van der Waals surface area contributed by atoms with E-state index in [4.69, 9.17) is 13.6 Å². The Morgan fingerprint density at radius 3 is 1.67 bits per heavy atom. The highest BCUT2D eigenvalue weighted by Gasteiger charge is 1.95. The average molecular weight is 82.9 g/mol. The van der Waals surface area contributed by atoms with E-state index in [0.29, 0.717) is 0 Å². The van der Waals surface area contributed by atoms with E-state index in [1.807, 2.05) is 13.8 Å². The summed E-state index contributed by atoms with van der Waals surface area (Å²) in [7, 11) is 5.31. The number of hydrogen-bond acceptors (Lipinski definition) is 1. The lowest BCUT2D eigenvalue weighted by molar-refractivity contribution is 0.712. The first-order valence-electron chi connectivity index (χ1n) is 2.15. The summed E-state index contributed by atoms with van der Waals surface area (Å²) in [5.41, 5.74) is 5.31. The van der Waals surface area contributed by atoms with E-state index in [0.717, 1.165) is 0 Å². The maximum Gasteiger partial charge on any atom is 0.0716 e. The van der Waals surface area contributed by atoms with Crippen LogP contribution in [-0.2, 0) is 0 Å².